The van der Waals surface area contributed by atoms with E-state index in [0.29, 0.717) is 5.76 Å². The third-order valence-electron chi connectivity index (χ3n) is 5.04. The molecule has 2 aliphatic rings. The van der Waals surface area contributed by atoms with Gasteiger partial charge in [0.15, 0.2) is 5.11 Å². The number of hydrogen-bond donors (Lipinski definition) is 2. The van der Waals surface area contributed by atoms with Gasteiger partial charge >= 0.3 is 0 Å². The highest BCUT2D eigenvalue weighted by Crippen LogP contribution is 2.42. The topological polar surface area (TPSA) is 35.5 Å². The van der Waals surface area contributed by atoms with Crippen LogP contribution in [0.15, 0.2) is 47.7 Å². The summed E-state index contributed by atoms with van der Waals surface area (Å²) < 4.78 is 0. The number of aliphatic hydroxyl groups excluding tert-OH is 1. The zero-order valence-electron chi connectivity index (χ0n) is 13.9. The van der Waals surface area contributed by atoms with E-state index in [1.807, 2.05) is 36.4 Å². The Morgan fingerprint density at radius 1 is 1.38 bits per heavy atom. The van der Waals surface area contributed by atoms with Crippen molar-refractivity contribution >= 4 is 28.9 Å². The Balaban J connectivity index is 1.52. The molecule has 1 aliphatic carbocycles. The molecule has 1 atom stereocenters. The second-order valence-electron chi connectivity index (χ2n) is 6.84. The fraction of sp³-hybridized carbons (Fsp3) is 0.421. The number of halogens is 1. The monoisotopic (exact) mass is 362 g/mol. The van der Waals surface area contributed by atoms with Crippen molar-refractivity contribution in [3.05, 3.63) is 58.3 Å². The van der Waals surface area contributed by atoms with Gasteiger partial charge in [-0.3, -0.25) is 0 Å². The van der Waals surface area contributed by atoms with Crippen LogP contribution in [-0.4, -0.2) is 34.8 Å². The SMILES string of the molecule is CC12CC=C(O)C=C1CN(C(=S)NCCc1ccc(Cl)cc1)CC2. The predicted molar refractivity (Wildman–Crippen MR) is 103 cm³/mol. The Labute approximate surface area is 154 Å². The van der Waals surface area contributed by atoms with Crippen LogP contribution in [0.25, 0.3) is 0 Å². The van der Waals surface area contributed by atoms with E-state index in [0.717, 1.165) is 49.0 Å². The Kier molecular flexibility index (Phi) is 5.16. The summed E-state index contributed by atoms with van der Waals surface area (Å²) in [5.41, 5.74) is 2.68. The predicted octanol–water partition coefficient (Wildman–Crippen LogP) is 4.24. The van der Waals surface area contributed by atoms with Crippen LogP contribution in [-0.2, 0) is 6.42 Å². The first kappa shape index (κ1) is 17.3. The first-order chi connectivity index (χ1) is 11.5. The molecule has 5 heteroatoms. The van der Waals surface area contributed by atoms with Crippen molar-refractivity contribution in [3.8, 4) is 0 Å². The number of likely N-dealkylation sites (tertiary alicyclic amines) is 1. The molecule has 0 saturated carbocycles. The minimum atomic E-state index is 0.168. The summed E-state index contributed by atoms with van der Waals surface area (Å²) in [7, 11) is 0. The molecule has 0 aromatic heterocycles. The van der Waals surface area contributed by atoms with Gasteiger partial charge in [-0.2, -0.15) is 0 Å². The normalized spacial score (nSPS) is 23.2. The molecule has 128 valence electrons. The second kappa shape index (κ2) is 7.16. The summed E-state index contributed by atoms with van der Waals surface area (Å²) in [6.07, 6.45) is 6.71. The molecule has 1 heterocycles. The fourth-order valence-corrected chi connectivity index (χ4v) is 3.67. The first-order valence-electron chi connectivity index (χ1n) is 8.34. The molecule has 0 radical (unpaired) electrons. The van der Waals surface area contributed by atoms with Crippen LogP contribution in [0.3, 0.4) is 0 Å². The summed E-state index contributed by atoms with van der Waals surface area (Å²) in [5.74, 6) is 0.381. The average molecular weight is 363 g/mol. The zero-order valence-corrected chi connectivity index (χ0v) is 15.5. The van der Waals surface area contributed by atoms with Gasteiger partial charge in [-0.1, -0.05) is 30.7 Å². The fourth-order valence-electron chi connectivity index (χ4n) is 3.29. The molecular formula is C19H23ClN2OS. The number of aliphatic hydroxyl groups is 1. The van der Waals surface area contributed by atoms with Crippen LogP contribution in [0.5, 0.6) is 0 Å². The molecule has 1 fully saturated rings. The van der Waals surface area contributed by atoms with Gasteiger partial charge in [0.2, 0.25) is 0 Å². The largest absolute Gasteiger partial charge is 0.508 e. The highest BCUT2D eigenvalue weighted by molar-refractivity contribution is 7.80. The first-order valence-corrected chi connectivity index (χ1v) is 9.12. The zero-order chi connectivity index (χ0) is 17.2. The number of benzene rings is 1. The van der Waals surface area contributed by atoms with Crippen LogP contribution >= 0.6 is 23.8 Å². The molecule has 24 heavy (non-hydrogen) atoms. The molecule has 0 amide bonds. The van der Waals surface area contributed by atoms with Crippen molar-refractivity contribution in [1.29, 1.82) is 0 Å². The molecule has 1 unspecified atom stereocenters. The van der Waals surface area contributed by atoms with E-state index in [4.69, 9.17) is 23.8 Å². The maximum absolute atomic E-state index is 9.78. The van der Waals surface area contributed by atoms with Crippen LogP contribution < -0.4 is 5.32 Å². The summed E-state index contributed by atoms with van der Waals surface area (Å²) in [4.78, 5) is 2.20. The molecule has 3 rings (SSSR count). The van der Waals surface area contributed by atoms with Crippen molar-refractivity contribution in [2.45, 2.75) is 26.2 Å². The molecule has 1 saturated heterocycles. The number of allylic oxidation sites excluding steroid dienone is 2. The van der Waals surface area contributed by atoms with Crippen LogP contribution in [0, 0.1) is 5.41 Å². The van der Waals surface area contributed by atoms with Gasteiger partial charge in [-0.25, -0.2) is 0 Å². The smallest absolute Gasteiger partial charge is 0.169 e. The molecule has 1 aromatic carbocycles. The number of piperidine rings is 1. The minimum Gasteiger partial charge on any atom is -0.508 e. The van der Waals surface area contributed by atoms with Crippen molar-refractivity contribution in [2.24, 2.45) is 5.41 Å². The minimum absolute atomic E-state index is 0.168. The lowest BCUT2D eigenvalue weighted by Crippen LogP contribution is -2.48. The number of hydrogen-bond acceptors (Lipinski definition) is 2. The van der Waals surface area contributed by atoms with Crippen LogP contribution in [0.1, 0.15) is 25.3 Å². The molecule has 1 aromatic rings. The number of nitrogens with one attached hydrogen (secondary N) is 1. The van der Waals surface area contributed by atoms with Gasteiger partial charge < -0.3 is 15.3 Å². The Morgan fingerprint density at radius 2 is 2.12 bits per heavy atom. The van der Waals surface area contributed by atoms with E-state index in [9.17, 15) is 5.11 Å². The lowest BCUT2D eigenvalue weighted by molar-refractivity contribution is 0.236. The molecule has 2 N–H and O–H groups in total. The molecule has 3 nitrogen and oxygen atoms in total. The number of rotatable bonds is 3. The second-order valence-corrected chi connectivity index (χ2v) is 7.67. The summed E-state index contributed by atoms with van der Waals surface area (Å²) >= 11 is 11.5. The van der Waals surface area contributed by atoms with Crippen LogP contribution in [0.4, 0.5) is 0 Å². The third-order valence-corrected chi connectivity index (χ3v) is 5.70. The van der Waals surface area contributed by atoms with Gasteiger partial charge in [0.1, 0.15) is 5.76 Å². The van der Waals surface area contributed by atoms with Crippen LogP contribution in [0.2, 0.25) is 5.02 Å². The molecule has 1 aliphatic heterocycles. The number of nitrogens with zero attached hydrogens (tertiary/aromatic N) is 1. The Bertz CT molecular complexity index is 683. The number of thiocarbonyl (C=S) groups is 1. The van der Waals surface area contributed by atoms with Crippen molar-refractivity contribution in [2.75, 3.05) is 19.6 Å². The molecule has 0 spiro atoms. The van der Waals surface area contributed by atoms with E-state index in [1.54, 1.807) is 0 Å². The standard InChI is InChI=1S/C19H23ClN2OS/c1-19-8-6-17(23)12-15(19)13-22(11-9-19)18(24)21-10-7-14-2-4-16(20)5-3-14/h2-6,12,23H,7-11,13H2,1H3,(H,21,24). The highest BCUT2D eigenvalue weighted by Gasteiger charge is 2.36. The van der Waals surface area contributed by atoms with Crippen molar-refractivity contribution in [3.63, 3.8) is 0 Å². The quantitative estimate of drug-likeness (QED) is 0.788. The Morgan fingerprint density at radius 3 is 2.88 bits per heavy atom. The summed E-state index contributed by atoms with van der Waals surface area (Å²) in [6.45, 7) is 4.82. The number of fused-ring (bicyclic) bond motifs is 1. The highest BCUT2D eigenvalue weighted by atomic mass is 35.5. The van der Waals surface area contributed by atoms with Gasteiger partial charge in [0.05, 0.1) is 0 Å². The summed E-state index contributed by atoms with van der Waals surface area (Å²) in [5, 5.41) is 14.7. The molecular weight excluding hydrogens is 340 g/mol. The van der Waals surface area contributed by atoms with E-state index in [-0.39, 0.29) is 5.41 Å². The van der Waals surface area contributed by atoms with Gasteiger partial charge in [-0.05, 0) is 72.3 Å². The van der Waals surface area contributed by atoms with Gasteiger partial charge in [0.25, 0.3) is 0 Å². The lowest BCUT2D eigenvalue weighted by atomic mass is 9.71. The maximum atomic E-state index is 9.78. The Hall–Kier alpha value is -1.52. The van der Waals surface area contributed by atoms with E-state index in [2.05, 4.69) is 17.1 Å². The summed E-state index contributed by atoms with van der Waals surface area (Å²) in [6, 6.07) is 7.91. The van der Waals surface area contributed by atoms with Gasteiger partial charge in [0, 0.05) is 24.7 Å². The maximum Gasteiger partial charge on any atom is 0.169 e. The van der Waals surface area contributed by atoms with Crippen molar-refractivity contribution < 1.29 is 5.11 Å². The molecule has 0 bridgehead atoms. The third kappa shape index (κ3) is 3.93. The average Bonchev–Trinajstić information content (AvgIpc) is 2.56. The van der Waals surface area contributed by atoms with E-state index < -0.39 is 0 Å². The van der Waals surface area contributed by atoms with E-state index >= 15 is 0 Å². The van der Waals surface area contributed by atoms with E-state index in [1.165, 1.54) is 11.1 Å². The lowest BCUT2D eigenvalue weighted by Gasteiger charge is -2.43. The van der Waals surface area contributed by atoms with Crippen molar-refractivity contribution in [1.82, 2.24) is 10.2 Å². The van der Waals surface area contributed by atoms with Gasteiger partial charge in [-0.15, -0.1) is 0 Å².